The number of halogens is 1. The maximum Gasteiger partial charge on any atom is 0.123 e. The predicted octanol–water partition coefficient (Wildman–Crippen LogP) is 3.39. The van der Waals surface area contributed by atoms with Crippen molar-refractivity contribution in [1.29, 1.82) is 0 Å². The van der Waals surface area contributed by atoms with Gasteiger partial charge in [-0.25, -0.2) is 4.39 Å². The lowest BCUT2D eigenvalue weighted by Gasteiger charge is -1.93. The first-order chi connectivity index (χ1) is 7.34. The third-order valence-corrected chi connectivity index (χ3v) is 2.00. The molecule has 0 unspecified atom stereocenters. The zero-order valence-corrected chi connectivity index (χ0v) is 8.10. The van der Waals surface area contributed by atoms with Crippen molar-refractivity contribution in [3.05, 3.63) is 65.7 Å². The molecule has 0 radical (unpaired) electrons. The molecule has 0 amide bonds. The molecule has 2 rings (SSSR count). The Morgan fingerprint density at radius 3 is 2.40 bits per heavy atom. The molecule has 0 saturated heterocycles. The summed E-state index contributed by atoms with van der Waals surface area (Å²) in [6, 6.07) is 12.1. The first kappa shape index (κ1) is 9.59. The number of pyridine rings is 1. The van der Waals surface area contributed by atoms with Gasteiger partial charge < -0.3 is 0 Å². The summed E-state index contributed by atoms with van der Waals surface area (Å²) in [6.07, 6.45) is 5.54. The van der Waals surface area contributed by atoms with Gasteiger partial charge >= 0.3 is 0 Å². The molecule has 15 heavy (non-hydrogen) atoms. The van der Waals surface area contributed by atoms with E-state index in [1.54, 1.807) is 18.3 Å². The second-order valence-corrected chi connectivity index (χ2v) is 3.14. The Morgan fingerprint density at radius 2 is 1.73 bits per heavy atom. The Kier molecular flexibility index (Phi) is 2.88. The molecule has 1 aromatic carbocycles. The molecule has 2 heteroatoms. The van der Waals surface area contributed by atoms with E-state index in [1.807, 2.05) is 30.4 Å². The van der Waals surface area contributed by atoms with Crippen molar-refractivity contribution in [2.45, 2.75) is 0 Å². The van der Waals surface area contributed by atoms with Crippen molar-refractivity contribution in [1.82, 2.24) is 4.98 Å². The Morgan fingerprint density at radius 1 is 0.933 bits per heavy atom. The van der Waals surface area contributed by atoms with Crippen LogP contribution in [-0.4, -0.2) is 4.98 Å². The summed E-state index contributed by atoms with van der Waals surface area (Å²) in [4.78, 5) is 4.15. The van der Waals surface area contributed by atoms with Crippen molar-refractivity contribution in [2.24, 2.45) is 0 Å². The highest BCUT2D eigenvalue weighted by atomic mass is 19.1. The lowest BCUT2D eigenvalue weighted by Crippen LogP contribution is -1.77. The first-order valence-electron chi connectivity index (χ1n) is 4.69. The Balaban J connectivity index is 2.15. The van der Waals surface area contributed by atoms with Gasteiger partial charge in [-0.1, -0.05) is 24.3 Å². The maximum absolute atomic E-state index is 12.6. The number of hydrogen-bond acceptors (Lipinski definition) is 1. The van der Waals surface area contributed by atoms with Crippen molar-refractivity contribution >= 4 is 12.2 Å². The van der Waals surface area contributed by atoms with E-state index in [2.05, 4.69) is 4.98 Å². The summed E-state index contributed by atoms with van der Waals surface area (Å²) >= 11 is 0. The number of aromatic nitrogens is 1. The highest BCUT2D eigenvalue weighted by molar-refractivity contribution is 5.67. The van der Waals surface area contributed by atoms with Crippen LogP contribution in [0.15, 0.2) is 48.7 Å². The monoisotopic (exact) mass is 199 g/mol. The molecule has 0 aliphatic rings. The van der Waals surface area contributed by atoms with Crippen LogP contribution < -0.4 is 0 Å². The van der Waals surface area contributed by atoms with Crippen LogP contribution in [0.2, 0.25) is 0 Å². The molecule has 2 aromatic rings. The van der Waals surface area contributed by atoms with Crippen LogP contribution in [0.1, 0.15) is 11.3 Å². The van der Waals surface area contributed by atoms with Crippen LogP contribution in [0.25, 0.3) is 12.2 Å². The van der Waals surface area contributed by atoms with Crippen molar-refractivity contribution in [3.63, 3.8) is 0 Å². The van der Waals surface area contributed by atoms with Gasteiger partial charge in [0.2, 0.25) is 0 Å². The molecule has 0 bridgehead atoms. The van der Waals surface area contributed by atoms with Crippen LogP contribution >= 0.6 is 0 Å². The Labute approximate surface area is 87.9 Å². The fourth-order valence-corrected chi connectivity index (χ4v) is 1.23. The largest absolute Gasteiger partial charge is 0.257 e. The molecule has 0 aliphatic heterocycles. The summed E-state index contributed by atoms with van der Waals surface area (Å²) in [5.41, 5.74) is 1.85. The van der Waals surface area contributed by atoms with Gasteiger partial charge in [-0.15, -0.1) is 0 Å². The van der Waals surface area contributed by atoms with Gasteiger partial charge in [-0.2, -0.15) is 0 Å². The molecular formula is C13H10FN. The first-order valence-corrected chi connectivity index (χ1v) is 4.69. The topological polar surface area (TPSA) is 12.9 Å². The van der Waals surface area contributed by atoms with Crippen molar-refractivity contribution in [3.8, 4) is 0 Å². The number of rotatable bonds is 2. The third-order valence-electron chi connectivity index (χ3n) is 2.00. The van der Waals surface area contributed by atoms with Crippen LogP contribution in [-0.2, 0) is 0 Å². The lowest BCUT2D eigenvalue weighted by molar-refractivity contribution is 0.628. The molecule has 74 valence electrons. The zero-order chi connectivity index (χ0) is 10.5. The molecule has 1 nitrogen and oxygen atoms in total. The molecule has 1 heterocycles. The normalized spacial score (nSPS) is 10.7. The zero-order valence-electron chi connectivity index (χ0n) is 8.10. The van der Waals surface area contributed by atoms with E-state index in [0.29, 0.717) is 0 Å². The fourth-order valence-electron chi connectivity index (χ4n) is 1.23. The van der Waals surface area contributed by atoms with Gasteiger partial charge in [0, 0.05) is 6.20 Å². The van der Waals surface area contributed by atoms with Gasteiger partial charge in [-0.3, -0.25) is 4.98 Å². The van der Waals surface area contributed by atoms with Crippen molar-refractivity contribution < 1.29 is 4.39 Å². The van der Waals surface area contributed by atoms with Gasteiger partial charge in [-0.05, 0) is 35.9 Å². The van der Waals surface area contributed by atoms with Gasteiger partial charge in [0.05, 0.1) is 5.69 Å². The SMILES string of the molecule is Fc1ccc(C=Cc2ccccn2)cc1. The standard InChI is InChI=1S/C13H10FN/c14-12-7-4-11(5-8-12)6-9-13-3-1-2-10-15-13/h1-10H. The summed E-state index contributed by atoms with van der Waals surface area (Å²) < 4.78 is 12.6. The van der Waals surface area contributed by atoms with Crippen LogP contribution in [0, 0.1) is 5.82 Å². The van der Waals surface area contributed by atoms with E-state index >= 15 is 0 Å². The molecule has 0 atom stereocenters. The second-order valence-electron chi connectivity index (χ2n) is 3.14. The van der Waals surface area contributed by atoms with E-state index < -0.39 is 0 Å². The minimum Gasteiger partial charge on any atom is -0.257 e. The number of hydrogen-bond donors (Lipinski definition) is 0. The Bertz CT molecular complexity index is 446. The molecule has 0 N–H and O–H groups in total. The average Bonchev–Trinajstić information content (AvgIpc) is 2.30. The third kappa shape index (κ3) is 2.74. The summed E-state index contributed by atoms with van der Waals surface area (Å²) in [6.45, 7) is 0. The molecule has 0 aliphatic carbocycles. The average molecular weight is 199 g/mol. The minimum absolute atomic E-state index is 0.218. The molecule has 0 spiro atoms. The number of benzene rings is 1. The van der Waals surface area contributed by atoms with Crippen LogP contribution in [0.4, 0.5) is 4.39 Å². The smallest absolute Gasteiger partial charge is 0.123 e. The van der Waals surface area contributed by atoms with Gasteiger partial charge in [0.1, 0.15) is 5.82 Å². The minimum atomic E-state index is -0.218. The molecular weight excluding hydrogens is 189 g/mol. The maximum atomic E-state index is 12.6. The van der Waals surface area contributed by atoms with E-state index in [4.69, 9.17) is 0 Å². The lowest BCUT2D eigenvalue weighted by atomic mass is 10.2. The molecule has 1 aromatic heterocycles. The number of nitrogens with zero attached hydrogens (tertiary/aromatic N) is 1. The van der Waals surface area contributed by atoms with E-state index in [1.165, 1.54) is 12.1 Å². The molecule has 0 fully saturated rings. The highest BCUT2D eigenvalue weighted by Crippen LogP contribution is 2.07. The van der Waals surface area contributed by atoms with Gasteiger partial charge in [0.15, 0.2) is 0 Å². The van der Waals surface area contributed by atoms with E-state index in [9.17, 15) is 4.39 Å². The summed E-state index contributed by atoms with van der Waals surface area (Å²) in [5.74, 6) is -0.218. The quantitative estimate of drug-likeness (QED) is 0.722. The summed E-state index contributed by atoms with van der Waals surface area (Å²) in [5, 5.41) is 0. The van der Waals surface area contributed by atoms with Crippen molar-refractivity contribution in [2.75, 3.05) is 0 Å². The predicted molar refractivity (Wildman–Crippen MR) is 59.6 cm³/mol. The van der Waals surface area contributed by atoms with Crippen LogP contribution in [0.3, 0.4) is 0 Å². The Hall–Kier alpha value is -1.96. The summed E-state index contributed by atoms with van der Waals surface area (Å²) in [7, 11) is 0. The fraction of sp³-hybridized carbons (Fsp3) is 0. The van der Waals surface area contributed by atoms with Gasteiger partial charge in [0.25, 0.3) is 0 Å². The molecule has 0 saturated carbocycles. The second kappa shape index (κ2) is 4.51. The van der Waals surface area contributed by atoms with E-state index in [-0.39, 0.29) is 5.82 Å². The highest BCUT2D eigenvalue weighted by Gasteiger charge is 1.89. The van der Waals surface area contributed by atoms with E-state index in [0.717, 1.165) is 11.3 Å². The van der Waals surface area contributed by atoms with Crippen LogP contribution in [0.5, 0.6) is 0 Å².